The molecule has 28 heavy (non-hydrogen) atoms. The van der Waals surface area contributed by atoms with Gasteiger partial charge in [0.25, 0.3) is 0 Å². The van der Waals surface area contributed by atoms with Crippen LogP contribution in [0.2, 0.25) is 0 Å². The summed E-state index contributed by atoms with van der Waals surface area (Å²) in [5.74, 6) is -0.588. The number of anilines is 2. The fourth-order valence-corrected chi connectivity index (χ4v) is 2.96. The topological polar surface area (TPSA) is 67.4 Å². The predicted molar refractivity (Wildman–Crippen MR) is 110 cm³/mol. The molecule has 0 aliphatic rings. The van der Waals surface area contributed by atoms with Gasteiger partial charge in [0, 0.05) is 11.4 Å². The molecule has 0 bridgehead atoms. The standard InChI is InChI=1S/C23H22N2O3/c1-2-28-23(27)25-20-15-9-14-19(16-20)24-22(26)21(17-10-5-3-6-11-17)18-12-7-4-8-13-18/h3-16,21H,2H2,1H3,(H,24,26)(H,25,27). The molecule has 0 spiro atoms. The number of benzene rings is 3. The molecule has 3 rings (SSSR count). The summed E-state index contributed by atoms with van der Waals surface area (Å²) in [6, 6.07) is 26.3. The maximum Gasteiger partial charge on any atom is 0.411 e. The number of rotatable bonds is 6. The molecule has 0 unspecified atom stereocenters. The Hall–Kier alpha value is -3.60. The molecule has 0 aliphatic heterocycles. The highest BCUT2D eigenvalue weighted by Gasteiger charge is 2.22. The van der Waals surface area contributed by atoms with Gasteiger partial charge in [-0.05, 0) is 36.2 Å². The van der Waals surface area contributed by atoms with Crippen molar-refractivity contribution in [3.63, 3.8) is 0 Å². The van der Waals surface area contributed by atoms with Crippen LogP contribution in [0.1, 0.15) is 24.0 Å². The van der Waals surface area contributed by atoms with Crippen molar-refractivity contribution in [2.45, 2.75) is 12.8 Å². The van der Waals surface area contributed by atoms with E-state index in [2.05, 4.69) is 10.6 Å². The molecule has 0 saturated carbocycles. The van der Waals surface area contributed by atoms with Gasteiger partial charge in [0.1, 0.15) is 0 Å². The third kappa shape index (κ3) is 4.98. The van der Waals surface area contributed by atoms with E-state index in [9.17, 15) is 9.59 Å². The van der Waals surface area contributed by atoms with Gasteiger partial charge in [0.2, 0.25) is 5.91 Å². The van der Waals surface area contributed by atoms with Gasteiger partial charge in [-0.1, -0.05) is 66.7 Å². The van der Waals surface area contributed by atoms with Crippen molar-refractivity contribution in [1.29, 1.82) is 0 Å². The van der Waals surface area contributed by atoms with Gasteiger partial charge < -0.3 is 10.1 Å². The number of nitrogens with one attached hydrogen (secondary N) is 2. The van der Waals surface area contributed by atoms with E-state index >= 15 is 0 Å². The van der Waals surface area contributed by atoms with Crippen LogP contribution in [0.4, 0.5) is 16.2 Å². The lowest BCUT2D eigenvalue weighted by Crippen LogP contribution is -2.22. The monoisotopic (exact) mass is 374 g/mol. The summed E-state index contributed by atoms with van der Waals surface area (Å²) < 4.78 is 4.88. The lowest BCUT2D eigenvalue weighted by molar-refractivity contribution is -0.116. The summed E-state index contributed by atoms with van der Waals surface area (Å²) in [6.07, 6.45) is -0.530. The van der Waals surface area contributed by atoms with Crippen LogP contribution in [0.25, 0.3) is 0 Å². The van der Waals surface area contributed by atoms with E-state index in [0.29, 0.717) is 11.4 Å². The fraction of sp³-hybridized carbons (Fsp3) is 0.130. The first kappa shape index (κ1) is 19.2. The molecule has 2 amide bonds. The van der Waals surface area contributed by atoms with Crippen LogP contribution < -0.4 is 10.6 Å². The first-order valence-corrected chi connectivity index (χ1v) is 9.12. The summed E-state index contributed by atoms with van der Waals surface area (Å²) in [4.78, 5) is 24.7. The number of carbonyl (C=O) groups is 2. The molecule has 0 saturated heterocycles. The Morgan fingerprint density at radius 1 is 0.786 bits per heavy atom. The maximum absolute atomic E-state index is 13.1. The van der Waals surface area contributed by atoms with Crippen molar-refractivity contribution in [2.75, 3.05) is 17.2 Å². The van der Waals surface area contributed by atoms with Crippen LogP contribution in [0.3, 0.4) is 0 Å². The Balaban J connectivity index is 1.82. The molecule has 142 valence electrons. The number of hydrogen-bond donors (Lipinski definition) is 2. The second-order valence-corrected chi connectivity index (χ2v) is 6.17. The summed E-state index contributed by atoms with van der Waals surface area (Å²) in [5.41, 5.74) is 2.96. The molecule has 5 nitrogen and oxygen atoms in total. The molecular weight excluding hydrogens is 352 g/mol. The molecule has 5 heteroatoms. The summed E-state index contributed by atoms with van der Waals surface area (Å²) >= 11 is 0. The largest absolute Gasteiger partial charge is 0.450 e. The normalized spacial score (nSPS) is 10.4. The third-order valence-electron chi connectivity index (χ3n) is 4.18. The number of amides is 2. The molecule has 3 aromatic rings. The highest BCUT2D eigenvalue weighted by Crippen LogP contribution is 2.27. The minimum absolute atomic E-state index is 0.148. The average Bonchev–Trinajstić information content (AvgIpc) is 2.70. The molecule has 0 heterocycles. The van der Waals surface area contributed by atoms with Crippen LogP contribution in [-0.4, -0.2) is 18.6 Å². The predicted octanol–water partition coefficient (Wildman–Crippen LogP) is 5.03. The molecule has 3 aromatic carbocycles. The summed E-state index contributed by atoms with van der Waals surface area (Å²) in [6.45, 7) is 2.03. The van der Waals surface area contributed by atoms with Crippen LogP contribution in [0.5, 0.6) is 0 Å². The average molecular weight is 374 g/mol. The Labute approximate surface area is 164 Å². The van der Waals surface area contributed by atoms with Gasteiger partial charge in [-0.25, -0.2) is 4.79 Å². The fourth-order valence-electron chi connectivity index (χ4n) is 2.96. The molecule has 2 N–H and O–H groups in total. The van der Waals surface area contributed by atoms with Crippen molar-refractivity contribution in [3.8, 4) is 0 Å². The highest BCUT2D eigenvalue weighted by atomic mass is 16.5. The van der Waals surface area contributed by atoms with Crippen LogP contribution in [0, 0.1) is 0 Å². The van der Waals surface area contributed by atoms with E-state index in [-0.39, 0.29) is 12.5 Å². The lowest BCUT2D eigenvalue weighted by Gasteiger charge is -2.18. The minimum Gasteiger partial charge on any atom is -0.450 e. The first-order valence-electron chi connectivity index (χ1n) is 9.12. The van der Waals surface area contributed by atoms with Crippen molar-refractivity contribution >= 4 is 23.4 Å². The molecule has 0 radical (unpaired) electrons. The van der Waals surface area contributed by atoms with Crippen molar-refractivity contribution < 1.29 is 14.3 Å². The van der Waals surface area contributed by atoms with E-state index in [1.807, 2.05) is 60.7 Å². The molecule has 0 aliphatic carbocycles. The first-order chi connectivity index (χ1) is 13.7. The molecule has 0 fully saturated rings. The Bertz CT molecular complexity index is 887. The van der Waals surface area contributed by atoms with E-state index in [1.165, 1.54) is 0 Å². The Kier molecular flexibility index (Phi) is 6.41. The zero-order valence-corrected chi connectivity index (χ0v) is 15.6. The van der Waals surface area contributed by atoms with Crippen molar-refractivity contribution in [3.05, 3.63) is 96.1 Å². The van der Waals surface area contributed by atoms with Crippen LogP contribution in [-0.2, 0) is 9.53 Å². The summed E-state index contributed by atoms with van der Waals surface area (Å²) in [7, 11) is 0. The molecule has 0 aromatic heterocycles. The van der Waals surface area contributed by atoms with Gasteiger partial charge in [-0.2, -0.15) is 0 Å². The second-order valence-electron chi connectivity index (χ2n) is 6.17. The maximum atomic E-state index is 13.1. The molecule has 0 atom stereocenters. The van der Waals surface area contributed by atoms with Gasteiger partial charge in [-0.15, -0.1) is 0 Å². The van der Waals surface area contributed by atoms with Gasteiger partial charge in [0.15, 0.2) is 0 Å². The van der Waals surface area contributed by atoms with Gasteiger partial charge >= 0.3 is 6.09 Å². The van der Waals surface area contributed by atoms with Gasteiger partial charge in [0.05, 0.1) is 12.5 Å². The number of ether oxygens (including phenoxy) is 1. The Morgan fingerprint density at radius 2 is 1.32 bits per heavy atom. The molecular formula is C23H22N2O3. The third-order valence-corrected chi connectivity index (χ3v) is 4.18. The van der Waals surface area contributed by atoms with Crippen molar-refractivity contribution in [1.82, 2.24) is 0 Å². The van der Waals surface area contributed by atoms with Gasteiger partial charge in [-0.3, -0.25) is 10.1 Å². The smallest absolute Gasteiger partial charge is 0.411 e. The van der Waals surface area contributed by atoms with E-state index in [1.54, 1.807) is 31.2 Å². The van der Waals surface area contributed by atoms with Crippen LogP contribution in [0.15, 0.2) is 84.9 Å². The number of carbonyl (C=O) groups excluding carboxylic acids is 2. The minimum atomic E-state index is -0.530. The Morgan fingerprint density at radius 3 is 1.86 bits per heavy atom. The van der Waals surface area contributed by atoms with Crippen molar-refractivity contribution in [2.24, 2.45) is 0 Å². The SMILES string of the molecule is CCOC(=O)Nc1cccc(NC(=O)C(c2ccccc2)c2ccccc2)c1. The second kappa shape index (κ2) is 9.37. The lowest BCUT2D eigenvalue weighted by atomic mass is 9.90. The van der Waals surface area contributed by atoms with E-state index in [4.69, 9.17) is 4.74 Å². The quantitative estimate of drug-likeness (QED) is 0.636. The van der Waals surface area contributed by atoms with Crippen LogP contribution >= 0.6 is 0 Å². The number of hydrogen-bond acceptors (Lipinski definition) is 3. The summed E-state index contributed by atoms with van der Waals surface area (Å²) in [5, 5.41) is 5.59. The van der Waals surface area contributed by atoms with E-state index in [0.717, 1.165) is 11.1 Å². The van der Waals surface area contributed by atoms with E-state index < -0.39 is 12.0 Å². The highest BCUT2D eigenvalue weighted by molar-refractivity contribution is 5.98. The zero-order valence-electron chi connectivity index (χ0n) is 15.6. The zero-order chi connectivity index (χ0) is 19.8.